The highest BCUT2D eigenvalue weighted by Gasteiger charge is 2.37. The predicted octanol–water partition coefficient (Wildman–Crippen LogP) is 4.23. The van der Waals surface area contributed by atoms with Gasteiger partial charge in [-0.25, -0.2) is 4.39 Å². The van der Waals surface area contributed by atoms with Crippen molar-refractivity contribution >= 4 is 15.9 Å². The van der Waals surface area contributed by atoms with E-state index in [9.17, 15) is 4.39 Å². The molecule has 0 fully saturated rings. The molecular formula is C17H28BrFN2. The van der Waals surface area contributed by atoms with Gasteiger partial charge in [0, 0.05) is 16.1 Å². The summed E-state index contributed by atoms with van der Waals surface area (Å²) in [7, 11) is 4.30. The number of halogens is 2. The largest absolute Gasteiger partial charge is 0.312 e. The van der Waals surface area contributed by atoms with Crippen LogP contribution < -0.4 is 5.32 Å². The first kappa shape index (κ1) is 18.6. The summed E-state index contributed by atoms with van der Waals surface area (Å²) in [5, 5.41) is 3.64. The Kier molecular flexibility index (Phi) is 7.31. The number of nitrogens with zero attached hydrogens (tertiary/aromatic N) is 1. The number of likely N-dealkylation sites (N-methyl/N-ethyl adjacent to an activating group) is 2. The van der Waals surface area contributed by atoms with Gasteiger partial charge in [-0.2, -0.15) is 0 Å². The fourth-order valence-electron chi connectivity index (χ4n) is 3.29. The molecule has 2 nitrogen and oxygen atoms in total. The first-order valence-electron chi connectivity index (χ1n) is 7.76. The molecule has 0 aromatic heterocycles. The van der Waals surface area contributed by atoms with Gasteiger partial charge in [0.15, 0.2) is 0 Å². The molecule has 0 bridgehead atoms. The number of hydrogen-bond acceptors (Lipinski definition) is 2. The van der Waals surface area contributed by atoms with E-state index in [1.165, 1.54) is 0 Å². The Balaban J connectivity index is 3.10. The van der Waals surface area contributed by atoms with E-state index >= 15 is 0 Å². The third-order valence-electron chi connectivity index (χ3n) is 4.65. The van der Waals surface area contributed by atoms with Gasteiger partial charge in [0.2, 0.25) is 0 Å². The van der Waals surface area contributed by atoms with Gasteiger partial charge in [-0.05, 0) is 57.6 Å². The molecule has 1 aromatic carbocycles. The van der Waals surface area contributed by atoms with Crippen LogP contribution in [0, 0.1) is 5.82 Å². The molecule has 0 saturated heterocycles. The van der Waals surface area contributed by atoms with E-state index in [2.05, 4.69) is 61.0 Å². The van der Waals surface area contributed by atoms with Crippen molar-refractivity contribution in [2.24, 2.45) is 0 Å². The van der Waals surface area contributed by atoms with Gasteiger partial charge in [0.1, 0.15) is 5.82 Å². The van der Waals surface area contributed by atoms with Crippen molar-refractivity contribution in [2.75, 3.05) is 20.6 Å². The molecule has 1 unspecified atom stereocenters. The highest BCUT2D eigenvalue weighted by atomic mass is 79.9. The highest BCUT2D eigenvalue weighted by molar-refractivity contribution is 9.10. The van der Waals surface area contributed by atoms with E-state index in [1.54, 1.807) is 12.1 Å². The quantitative estimate of drug-likeness (QED) is 0.747. The summed E-state index contributed by atoms with van der Waals surface area (Å²) in [5.41, 5.74) is 1.25. The van der Waals surface area contributed by atoms with Gasteiger partial charge >= 0.3 is 0 Å². The Morgan fingerprint density at radius 2 is 1.86 bits per heavy atom. The maximum absolute atomic E-state index is 13.3. The average molecular weight is 359 g/mol. The molecule has 4 heteroatoms. The zero-order chi connectivity index (χ0) is 16.0. The van der Waals surface area contributed by atoms with Crippen LogP contribution in [-0.4, -0.2) is 37.1 Å². The Labute approximate surface area is 137 Å². The summed E-state index contributed by atoms with van der Waals surface area (Å²) in [6.45, 7) is 7.55. The molecule has 21 heavy (non-hydrogen) atoms. The van der Waals surface area contributed by atoms with E-state index in [0.717, 1.165) is 35.8 Å². The lowest BCUT2D eigenvalue weighted by Gasteiger charge is -2.46. The van der Waals surface area contributed by atoms with E-state index in [-0.39, 0.29) is 11.4 Å². The Hall–Kier alpha value is -0.450. The fourth-order valence-corrected chi connectivity index (χ4v) is 3.81. The number of rotatable bonds is 8. The molecule has 0 amide bonds. The van der Waals surface area contributed by atoms with Crippen molar-refractivity contribution in [3.63, 3.8) is 0 Å². The van der Waals surface area contributed by atoms with Gasteiger partial charge < -0.3 is 10.2 Å². The van der Waals surface area contributed by atoms with Crippen LogP contribution in [0.5, 0.6) is 0 Å². The normalized spacial score (nSPS) is 13.7. The minimum Gasteiger partial charge on any atom is -0.312 e. The average Bonchev–Trinajstić information content (AvgIpc) is 2.43. The maximum Gasteiger partial charge on any atom is 0.124 e. The molecule has 0 aliphatic carbocycles. The van der Waals surface area contributed by atoms with E-state index in [0.29, 0.717) is 6.04 Å². The molecule has 0 spiro atoms. The second kappa shape index (κ2) is 8.25. The van der Waals surface area contributed by atoms with Crippen molar-refractivity contribution in [1.29, 1.82) is 0 Å². The molecule has 0 aliphatic rings. The van der Waals surface area contributed by atoms with Gasteiger partial charge in [-0.1, -0.05) is 42.8 Å². The lowest BCUT2D eigenvalue weighted by Crippen LogP contribution is -2.59. The Bertz CT molecular complexity index is 444. The lowest BCUT2D eigenvalue weighted by molar-refractivity contribution is 0.0888. The smallest absolute Gasteiger partial charge is 0.124 e. The number of nitrogens with one attached hydrogen (secondary N) is 1. The Morgan fingerprint density at radius 3 is 2.29 bits per heavy atom. The van der Waals surface area contributed by atoms with Crippen molar-refractivity contribution in [3.05, 3.63) is 34.1 Å². The maximum atomic E-state index is 13.3. The zero-order valence-electron chi connectivity index (χ0n) is 13.8. The SMILES string of the molecule is CCNC(Cc1ccc(F)cc1Br)C(CC)(CC)N(C)C. The molecule has 0 heterocycles. The standard InChI is InChI=1S/C17H28BrFN2/c1-6-17(7-2,21(4)5)16(20-8-3)11-13-9-10-14(19)12-15(13)18/h9-10,12,16,20H,6-8,11H2,1-5H3. The van der Waals surface area contributed by atoms with Crippen LogP contribution in [-0.2, 0) is 6.42 Å². The molecule has 1 N–H and O–H groups in total. The lowest BCUT2D eigenvalue weighted by atomic mass is 9.80. The van der Waals surface area contributed by atoms with Gasteiger partial charge in [-0.3, -0.25) is 0 Å². The van der Waals surface area contributed by atoms with Crippen molar-refractivity contribution in [2.45, 2.75) is 51.6 Å². The van der Waals surface area contributed by atoms with Crippen LogP contribution in [0.15, 0.2) is 22.7 Å². The first-order valence-corrected chi connectivity index (χ1v) is 8.55. The second-order valence-corrected chi connectivity index (χ2v) is 6.61. The Morgan fingerprint density at radius 1 is 1.24 bits per heavy atom. The number of hydrogen-bond donors (Lipinski definition) is 1. The molecule has 1 atom stereocenters. The van der Waals surface area contributed by atoms with E-state index in [1.807, 2.05) is 6.07 Å². The molecular weight excluding hydrogens is 331 g/mol. The van der Waals surface area contributed by atoms with Crippen LogP contribution in [0.1, 0.15) is 39.2 Å². The zero-order valence-corrected chi connectivity index (χ0v) is 15.4. The summed E-state index contributed by atoms with van der Waals surface area (Å²) in [5.74, 6) is -0.199. The van der Waals surface area contributed by atoms with Crippen LogP contribution in [0.25, 0.3) is 0 Å². The summed E-state index contributed by atoms with van der Waals surface area (Å²) >= 11 is 3.49. The summed E-state index contributed by atoms with van der Waals surface area (Å²) in [4.78, 5) is 2.33. The van der Waals surface area contributed by atoms with Crippen LogP contribution in [0.2, 0.25) is 0 Å². The highest BCUT2D eigenvalue weighted by Crippen LogP contribution is 2.30. The molecule has 0 radical (unpaired) electrons. The molecule has 1 rings (SSSR count). The topological polar surface area (TPSA) is 15.3 Å². The van der Waals surface area contributed by atoms with Crippen LogP contribution in [0.4, 0.5) is 4.39 Å². The minimum atomic E-state index is -0.199. The molecule has 0 aliphatic heterocycles. The third kappa shape index (κ3) is 4.27. The predicted molar refractivity (Wildman–Crippen MR) is 92.3 cm³/mol. The monoisotopic (exact) mass is 358 g/mol. The second-order valence-electron chi connectivity index (χ2n) is 5.76. The van der Waals surface area contributed by atoms with Crippen LogP contribution in [0.3, 0.4) is 0 Å². The van der Waals surface area contributed by atoms with Gasteiger partial charge in [0.05, 0.1) is 0 Å². The van der Waals surface area contributed by atoms with Gasteiger partial charge in [0.25, 0.3) is 0 Å². The minimum absolute atomic E-state index is 0.101. The van der Waals surface area contributed by atoms with Crippen LogP contribution >= 0.6 is 15.9 Å². The van der Waals surface area contributed by atoms with Crippen molar-refractivity contribution in [3.8, 4) is 0 Å². The summed E-state index contributed by atoms with van der Waals surface area (Å²) < 4.78 is 14.1. The first-order chi connectivity index (χ1) is 9.91. The molecule has 1 aromatic rings. The van der Waals surface area contributed by atoms with Gasteiger partial charge in [-0.15, -0.1) is 0 Å². The molecule has 120 valence electrons. The summed E-state index contributed by atoms with van der Waals surface area (Å²) in [6.07, 6.45) is 3.04. The third-order valence-corrected chi connectivity index (χ3v) is 5.39. The van der Waals surface area contributed by atoms with Crippen molar-refractivity contribution < 1.29 is 4.39 Å². The summed E-state index contributed by atoms with van der Waals surface area (Å²) in [6, 6.07) is 5.30. The fraction of sp³-hybridized carbons (Fsp3) is 0.647. The van der Waals surface area contributed by atoms with E-state index in [4.69, 9.17) is 0 Å². The van der Waals surface area contributed by atoms with E-state index < -0.39 is 0 Å². The number of benzene rings is 1. The van der Waals surface area contributed by atoms with Crippen molar-refractivity contribution in [1.82, 2.24) is 10.2 Å². The molecule has 0 saturated carbocycles.